The van der Waals surface area contributed by atoms with E-state index in [1.54, 1.807) is 22.8 Å². The molecule has 1 aliphatic rings. The average Bonchev–Trinajstić information content (AvgIpc) is 3.23. The van der Waals surface area contributed by atoms with Crippen molar-refractivity contribution in [2.45, 2.75) is 0 Å². The van der Waals surface area contributed by atoms with Crippen molar-refractivity contribution in [1.29, 1.82) is 0 Å². The lowest BCUT2D eigenvalue weighted by molar-refractivity contribution is 0.174. The van der Waals surface area contributed by atoms with Gasteiger partial charge in [-0.1, -0.05) is 0 Å². The van der Waals surface area contributed by atoms with Crippen LogP contribution in [0.3, 0.4) is 0 Å². The molecule has 3 aromatic heterocycles. The molecule has 4 heterocycles. The largest absolute Gasteiger partial charge is 0.454 e. The molecule has 112 valence electrons. The van der Waals surface area contributed by atoms with Crippen LogP contribution in [0, 0.1) is 0 Å². The van der Waals surface area contributed by atoms with Crippen molar-refractivity contribution in [3.05, 3.63) is 53.3 Å². The number of fused-ring (bicyclic) bond motifs is 4. The molecule has 0 aliphatic carbocycles. The van der Waals surface area contributed by atoms with Gasteiger partial charge in [0.05, 0.1) is 16.6 Å². The van der Waals surface area contributed by atoms with Gasteiger partial charge in [-0.2, -0.15) is 14.6 Å². The molecule has 0 spiro atoms. The van der Waals surface area contributed by atoms with E-state index in [-0.39, 0.29) is 12.4 Å². The molecule has 0 saturated carbocycles. The molecule has 23 heavy (non-hydrogen) atoms. The van der Waals surface area contributed by atoms with Crippen LogP contribution in [0.4, 0.5) is 0 Å². The van der Waals surface area contributed by atoms with Crippen molar-refractivity contribution in [2.75, 3.05) is 6.79 Å². The SMILES string of the molecule is O=c1c2cnc3ncnn3c2ccn1-c1ccc2c(c1)OCO2. The topological polar surface area (TPSA) is 83.5 Å². The summed E-state index contributed by atoms with van der Waals surface area (Å²) in [6, 6.07) is 7.18. The first kappa shape index (κ1) is 12.2. The minimum atomic E-state index is -0.189. The summed E-state index contributed by atoms with van der Waals surface area (Å²) < 4.78 is 13.7. The first-order chi connectivity index (χ1) is 11.3. The van der Waals surface area contributed by atoms with Crippen LogP contribution >= 0.6 is 0 Å². The monoisotopic (exact) mass is 307 g/mol. The second-order valence-electron chi connectivity index (χ2n) is 5.06. The predicted octanol–water partition coefficient (Wildman–Crippen LogP) is 1.16. The van der Waals surface area contributed by atoms with Gasteiger partial charge >= 0.3 is 0 Å². The summed E-state index contributed by atoms with van der Waals surface area (Å²) in [5, 5.41) is 4.56. The third-order valence-corrected chi connectivity index (χ3v) is 3.81. The predicted molar refractivity (Wildman–Crippen MR) is 80.0 cm³/mol. The van der Waals surface area contributed by atoms with E-state index >= 15 is 0 Å². The molecule has 1 aromatic carbocycles. The summed E-state index contributed by atoms with van der Waals surface area (Å²) in [5.74, 6) is 1.76. The second kappa shape index (κ2) is 4.29. The lowest BCUT2D eigenvalue weighted by Crippen LogP contribution is -2.18. The van der Waals surface area contributed by atoms with Gasteiger partial charge in [0.1, 0.15) is 6.33 Å². The van der Waals surface area contributed by atoms with E-state index in [2.05, 4.69) is 15.1 Å². The van der Waals surface area contributed by atoms with Crippen LogP contribution in [0.1, 0.15) is 0 Å². The fraction of sp³-hybridized carbons (Fsp3) is 0.0667. The van der Waals surface area contributed by atoms with Crippen LogP contribution in [-0.4, -0.2) is 30.9 Å². The van der Waals surface area contributed by atoms with Gasteiger partial charge in [-0.05, 0) is 18.2 Å². The third kappa shape index (κ3) is 1.65. The van der Waals surface area contributed by atoms with Gasteiger partial charge in [0.25, 0.3) is 11.3 Å². The van der Waals surface area contributed by atoms with Crippen LogP contribution in [0.25, 0.3) is 22.4 Å². The van der Waals surface area contributed by atoms with E-state index in [0.717, 1.165) is 0 Å². The van der Waals surface area contributed by atoms with E-state index in [1.165, 1.54) is 17.1 Å². The minimum Gasteiger partial charge on any atom is -0.454 e. The summed E-state index contributed by atoms with van der Waals surface area (Å²) in [4.78, 5) is 21.0. The molecule has 0 amide bonds. The Morgan fingerprint density at radius 3 is 2.96 bits per heavy atom. The van der Waals surface area contributed by atoms with Crippen molar-refractivity contribution in [2.24, 2.45) is 0 Å². The molecular formula is C15H9N5O3. The molecule has 8 heteroatoms. The number of hydrogen-bond donors (Lipinski definition) is 0. The van der Waals surface area contributed by atoms with E-state index in [4.69, 9.17) is 9.47 Å². The number of aromatic nitrogens is 5. The van der Waals surface area contributed by atoms with Crippen LogP contribution in [0.15, 0.2) is 47.8 Å². The highest BCUT2D eigenvalue weighted by molar-refractivity contribution is 5.78. The standard InChI is InChI=1S/C15H9N5O3/c21-14-10-6-16-15-17-7-18-20(15)11(10)3-4-19(14)9-1-2-12-13(5-9)23-8-22-12/h1-7H,8H2. The number of nitrogens with zero attached hydrogens (tertiary/aromatic N) is 5. The Kier molecular flexibility index (Phi) is 2.27. The molecule has 0 fully saturated rings. The van der Waals surface area contributed by atoms with E-state index in [1.807, 2.05) is 12.1 Å². The Morgan fingerprint density at radius 1 is 1.09 bits per heavy atom. The maximum Gasteiger partial charge on any atom is 0.266 e. The zero-order valence-electron chi connectivity index (χ0n) is 11.7. The summed E-state index contributed by atoms with van der Waals surface area (Å²) >= 11 is 0. The molecule has 0 atom stereocenters. The highest BCUT2D eigenvalue weighted by atomic mass is 16.7. The minimum absolute atomic E-state index is 0.189. The van der Waals surface area contributed by atoms with Crippen LogP contribution < -0.4 is 15.0 Å². The van der Waals surface area contributed by atoms with Crippen molar-refractivity contribution >= 4 is 16.7 Å². The molecular weight excluding hydrogens is 298 g/mol. The summed E-state index contributed by atoms with van der Waals surface area (Å²) in [6.45, 7) is 0.194. The second-order valence-corrected chi connectivity index (χ2v) is 5.06. The molecule has 0 radical (unpaired) electrons. The average molecular weight is 307 g/mol. The molecule has 0 saturated heterocycles. The van der Waals surface area contributed by atoms with Crippen molar-refractivity contribution < 1.29 is 9.47 Å². The molecule has 0 unspecified atom stereocenters. The first-order valence-corrected chi connectivity index (χ1v) is 6.91. The molecule has 0 bridgehead atoms. The highest BCUT2D eigenvalue weighted by Gasteiger charge is 2.15. The fourth-order valence-corrected chi connectivity index (χ4v) is 2.70. The number of hydrogen-bond acceptors (Lipinski definition) is 6. The normalized spacial score (nSPS) is 13.0. The van der Waals surface area contributed by atoms with Crippen molar-refractivity contribution in [3.8, 4) is 17.2 Å². The highest BCUT2D eigenvalue weighted by Crippen LogP contribution is 2.33. The molecule has 5 rings (SSSR count). The Bertz CT molecular complexity index is 1130. The van der Waals surface area contributed by atoms with E-state index in [0.29, 0.717) is 33.9 Å². The van der Waals surface area contributed by atoms with Gasteiger partial charge < -0.3 is 9.47 Å². The zero-order chi connectivity index (χ0) is 15.4. The number of rotatable bonds is 1. The summed E-state index contributed by atoms with van der Waals surface area (Å²) in [7, 11) is 0. The van der Waals surface area contributed by atoms with Gasteiger partial charge in [0, 0.05) is 18.5 Å². The lowest BCUT2D eigenvalue weighted by atomic mass is 10.2. The quantitative estimate of drug-likeness (QED) is 0.524. The van der Waals surface area contributed by atoms with Gasteiger partial charge in [-0.3, -0.25) is 9.36 Å². The summed E-state index contributed by atoms with van der Waals surface area (Å²) in [6.07, 6.45) is 4.62. The van der Waals surface area contributed by atoms with Crippen LogP contribution in [0.2, 0.25) is 0 Å². The number of ether oxygens (including phenoxy) is 2. The number of benzene rings is 1. The molecule has 4 aromatic rings. The molecule has 8 nitrogen and oxygen atoms in total. The van der Waals surface area contributed by atoms with Gasteiger partial charge in [-0.25, -0.2) is 4.98 Å². The van der Waals surface area contributed by atoms with Crippen molar-refractivity contribution in [3.63, 3.8) is 0 Å². The van der Waals surface area contributed by atoms with Gasteiger partial charge in [0.2, 0.25) is 6.79 Å². The molecule has 1 aliphatic heterocycles. The zero-order valence-corrected chi connectivity index (χ0v) is 11.7. The smallest absolute Gasteiger partial charge is 0.266 e. The number of pyridine rings is 1. The fourth-order valence-electron chi connectivity index (χ4n) is 2.70. The molecule has 0 N–H and O–H groups in total. The van der Waals surface area contributed by atoms with Crippen molar-refractivity contribution in [1.82, 2.24) is 24.1 Å². The first-order valence-electron chi connectivity index (χ1n) is 6.91. The van der Waals surface area contributed by atoms with Crippen LogP contribution in [-0.2, 0) is 0 Å². The Balaban J connectivity index is 1.78. The Hall–Kier alpha value is -3.42. The maximum absolute atomic E-state index is 12.8. The lowest BCUT2D eigenvalue weighted by Gasteiger charge is -2.08. The Morgan fingerprint density at radius 2 is 2.00 bits per heavy atom. The summed E-state index contributed by atoms with van der Waals surface area (Å²) in [5.41, 5.74) is 1.17. The van der Waals surface area contributed by atoms with Gasteiger partial charge in [0.15, 0.2) is 11.5 Å². The Labute approximate surface area is 128 Å². The van der Waals surface area contributed by atoms with Gasteiger partial charge in [-0.15, -0.1) is 0 Å². The van der Waals surface area contributed by atoms with Crippen LogP contribution in [0.5, 0.6) is 11.5 Å². The maximum atomic E-state index is 12.8. The van der Waals surface area contributed by atoms with E-state index in [9.17, 15) is 4.79 Å². The van der Waals surface area contributed by atoms with E-state index < -0.39 is 0 Å². The third-order valence-electron chi connectivity index (χ3n) is 3.81.